The van der Waals surface area contributed by atoms with Crippen molar-refractivity contribution in [3.63, 3.8) is 0 Å². The maximum atomic E-state index is 3.33. The summed E-state index contributed by atoms with van der Waals surface area (Å²) in [5.41, 5.74) is 1.50. The minimum absolute atomic E-state index is 0.208. The third-order valence-electron chi connectivity index (χ3n) is 1.82. The van der Waals surface area contributed by atoms with Crippen LogP contribution in [0.15, 0.2) is 35.2 Å². The van der Waals surface area contributed by atoms with E-state index in [9.17, 15) is 0 Å². The number of hydrogen-bond acceptors (Lipinski definition) is 0. The minimum atomic E-state index is 0.208. The summed E-state index contributed by atoms with van der Waals surface area (Å²) in [6.07, 6.45) is 10.7. The monoisotopic (exact) mass is 277 g/mol. The zero-order valence-electron chi connectivity index (χ0n) is 8.73. The van der Waals surface area contributed by atoms with Gasteiger partial charge in [0.05, 0.1) is 0 Å². The van der Waals surface area contributed by atoms with E-state index < -0.39 is 0 Å². The molecule has 0 fully saturated rings. The van der Waals surface area contributed by atoms with Crippen LogP contribution in [0.4, 0.5) is 0 Å². The van der Waals surface area contributed by atoms with Crippen molar-refractivity contribution >= 4 is 4.29 Å². The predicted octanol–water partition coefficient (Wildman–Crippen LogP) is 2.76. The van der Waals surface area contributed by atoms with Crippen LogP contribution in [-0.4, -0.2) is 4.98 Å². The zero-order valence-corrected chi connectivity index (χ0v) is 10.5. The van der Waals surface area contributed by atoms with Gasteiger partial charge in [-0.3, -0.25) is 0 Å². The molecule has 0 spiro atoms. The van der Waals surface area contributed by atoms with E-state index in [1.165, 1.54) is 22.7 Å². The molecule has 0 saturated heterocycles. The summed E-state index contributed by atoms with van der Waals surface area (Å²) in [5.74, 6) is 0. The molecular formula is C12H17NRu. The number of nitrogens with one attached hydrogen (secondary N) is 1. The molecule has 0 radical (unpaired) electrons. The van der Waals surface area contributed by atoms with Crippen LogP contribution < -0.4 is 4.29 Å². The molecule has 0 aliphatic carbocycles. The summed E-state index contributed by atoms with van der Waals surface area (Å²) in [4.78, 5) is 3.33. The van der Waals surface area contributed by atoms with Crippen molar-refractivity contribution in [2.45, 2.75) is 26.7 Å². The quantitative estimate of drug-likeness (QED) is 0.629. The summed E-state index contributed by atoms with van der Waals surface area (Å²) in [5, 5.41) is 0. The Hall–Kier alpha value is -0.617. The van der Waals surface area contributed by atoms with Gasteiger partial charge < -0.3 is 0 Å². The van der Waals surface area contributed by atoms with Gasteiger partial charge in [0.15, 0.2) is 0 Å². The molecule has 1 N–H and O–H groups in total. The third kappa shape index (κ3) is 3.63. The number of aryl methyl sites for hydroxylation is 1. The number of hydrogen-bond donors (Lipinski definition) is 1. The first-order valence-electron chi connectivity index (χ1n) is 4.93. The molecule has 0 aromatic carbocycles. The fourth-order valence-electron chi connectivity index (χ4n) is 1.17. The van der Waals surface area contributed by atoms with Gasteiger partial charge in [0, 0.05) is 0 Å². The molecule has 1 aromatic heterocycles. The van der Waals surface area contributed by atoms with Crippen molar-refractivity contribution < 1.29 is 17.1 Å². The van der Waals surface area contributed by atoms with Gasteiger partial charge in [-0.25, -0.2) is 0 Å². The van der Waals surface area contributed by atoms with Gasteiger partial charge in [-0.15, -0.1) is 0 Å². The summed E-state index contributed by atoms with van der Waals surface area (Å²) in [6, 6.07) is 2.21. The van der Waals surface area contributed by atoms with E-state index in [1.54, 1.807) is 0 Å². The van der Waals surface area contributed by atoms with E-state index in [0.717, 1.165) is 0 Å². The second-order valence-electron chi connectivity index (χ2n) is 2.99. The Morgan fingerprint density at radius 3 is 3.00 bits per heavy atom. The standard InChI is InChI=1S/C7H10N.C5H7.Ru/c1-2-3-7-4-5-8-6-7;1-3-5-4-2;/h4-5,8H,2-3H2,1H3;1,3-5H,2H3;. The molecule has 1 heterocycles. The van der Waals surface area contributed by atoms with Crippen LogP contribution in [0.1, 0.15) is 25.8 Å². The van der Waals surface area contributed by atoms with E-state index in [2.05, 4.69) is 47.1 Å². The maximum absolute atomic E-state index is 3.33. The average molecular weight is 276 g/mol. The molecule has 0 amide bonds. The fraction of sp³-hybridized carbons (Fsp3) is 0.333. The molecule has 0 saturated carbocycles. The molecule has 1 aromatic rings. The van der Waals surface area contributed by atoms with Crippen LogP contribution in [0.25, 0.3) is 0 Å². The van der Waals surface area contributed by atoms with Gasteiger partial charge in [0.2, 0.25) is 0 Å². The van der Waals surface area contributed by atoms with Crippen LogP contribution in [0, 0.1) is 0 Å². The molecule has 0 aliphatic heterocycles. The van der Waals surface area contributed by atoms with E-state index in [1.807, 2.05) is 6.92 Å². The summed E-state index contributed by atoms with van der Waals surface area (Å²) < 4.78 is 3.72. The van der Waals surface area contributed by atoms with Crippen LogP contribution in [0.5, 0.6) is 0 Å². The van der Waals surface area contributed by atoms with Gasteiger partial charge in [-0.1, -0.05) is 0 Å². The van der Waals surface area contributed by atoms with Crippen molar-refractivity contribution in [3.8, 4) is 0 Å². The Bertz CT molecular complexity index is 310. The first kappa shape index (κ1) is 11.5. The van der Waals surface area contributed by atoms with Crippen LogP contribution in [-0.2, 0) is 23.5 Å². The van der Waals surface area contributed by atoms with Crippen molar-refractivity contribution in [2.75, 3.05) is 0 Å². The summed E-state index contributed by atoms with van der Waals surface area (Å²) >= 11 is 0.208. The van der Waals surface area contributed by atoms with Gasteiger partial charge in [0.1, 0.15) is 0 Å². The molecule has 78 valence electrons. The Kier molecular flexibility index (Phi) is 5.55. The van der Waals surface area contributed by atoms with Crippen molar-refractivity contribution in [1.29, 1.82) is 0 Å². The van der Waals surface area contributed by atoms with Crippen molar-refractivity contribution in [3.05, 3.63) is 40.7 Å². The molecule has 0 atom stereocenters. The Balaban J connectivity index is 2.53. The molecule has 1 rings (SSSR count). The first-order valence-corrected chi connectivity index (χ1v) is 6.80. The van der Waals surface area contributed by atoms with Crippen LogP contribution >= 0.6 is 0 Å². The average Bonchev–Trinajstić information content (AvgIpc) is 2.61. The number of rotatable bonds is 5. The number of aromatic amines is 1. The predicted molar refractivity (Wildman–Crippen MR) is 58.4 cm³/mol. The van der Waals surface area contributed by atoms with Crippen molar-refractivity contribution in [1.82, 2.24) is 4.98 Å². The number of allylic oxidation sites excluding steroid dienone is 3. The normalized spacial score (nSPS) is 12.1. The van der Waals surface area contributed by atoms with E-state index in [-0.39, 0.29) is 17.1 Å². The van der Waals surface area contributed by atoms with Crippen LogP contribution in [0.3, 0.4) is 0 Å². The van der Waals surface area contributed by atoms with E-state index in [4.69, 9.17) is 0 Å². The second-order valence-corrected chi connectivity index (χ2v) is 4.94. The summed E-state index contributed by atoms with van der Waals surface area (Å²) in [7, 11) is 0. The number of H-pyrrole nitrogens is 1. The van der Waals surface area contributed by atoms with Gasteiger partial charge in [0.25, 0.3) is 0 Å². The first-order chi connectivity index (χ1) is 6.88. The third-order valence-corrected chi connectivity index (χ3v) is 3.75. The van der Waals surface area contributed by atoms with Crippen LogP contribution in [0.2, 0.25) is 0 Å². The SMILES string of the molecule is CC=CC=[CH][Ru][c]1[nH]ccc1CCC. The molecule has 14 heavy (non-hydrogen) atoms. The van der Waals surface area contributed by atoms with E-state index >= 15 is 0 Å². The second kappa shape index (κ2) is 6.78. The van der Waals surface area contributed by atoms with Gasteiger partial charge in [-0.05, 0) is 0 Å². The topological polar surface area (TPSA) is 15.8 Å². The molecule has 0 bridgehead atoms. The zero-order chi connectivity index (χ0) is 10.2. The summed E-state index contributed by atoms with van der Waals surface area (Å²) in [6.45, 7) is 4.26. The van der Waals surface area contributed by atoms with Crippen molar-refractivity contribution in [2.24, 2.45) is 0 Å². The molecule has 2 heteroatoms. The van der Waals surface area contributed by atoms with Gasteiger partial charge in [-0.2, -0.15) is 0 Å². The Morgan fingerprint density at radius 2 is 2.29 bits per heavy atom. The molecule has 0 aliphatic rings. The fourth-order valence-corrected chi connectivity index (χ4v) is 2.80. The van der Waals surface area contributed by atoms with E-state index in [0.29, 0.717) is 0 Å². The molecule has 0 unspecified atom stereocenters. The Labute approximate surface area is 93.9 Å². The Morgan fingerprint density at radius 1 is 1.43 bits per heavy atom. The molecular weight excluding hydrogens is 259 g/mol. The van der Waals surface area contributed by atoms with Gasteiger partial charge >= 0.3 is 93.8 Å². The molecule has 1 nitrogen and oxygen atoms in total. The number of aromatic nitrogens is 1.